The number of aryl methyl sites for hydroxylation is 2. The molecule has 1 aliphatic rings. The molecule has 1 aromatic heterocycles. The van der Waals surface area contributed by atoms with Crippen molar-refractivity contribution in [2.45, 2.75) is 38.5 Å². The summed E-state index contributed by atoms with van der Waals surface area (Å²) in [4.78, 5) is 4.58. The lowest BCUT2D eigenvalue weighted by Gasteiger charge is -2.25. The van der Waals surface area contributed by atoms with Gasteiger partial charge in [-0.05, 0) is 30.7 Å². The Bertz CT molecular complexity index is 553. The highest BCUT2D eigenvalue weighted by Crippen LogP contribution is 2.30. The van der Waals surface area contributed by atoms with Crippen LogP contribution in [-0.4, -0.2) is 23.4 Å². The van der Waals surface area contributed by atoms with Gasteiger partial charge in [0.25, 0.3) is 0 Å². The van der Waals surface area contributed by atoms with Gasteiger partial charge in [-0.3, -0.25) is 0 Å². The summed E-state index contributed by atoms with van der Waals surface area (Å²) >= 11 is 0. The molecular weight excluding hydrogens is 264 g/mol. The van der Waals surface area contributed by atoms with Crippen LogP contribution in [0.5, 0.6) is 0 Å². The maximum Gasteiger partial charge on any atom is 0.230 e. The minimum absolute atomic E-state index is 0.356. The molecule has 1 aromatic carbocycles. The van der Waals surface area contributed by atoms with Crippen LogP contribution in [-0.2, 0) is 17.6 Å². The monoisotopic (exact) mass is 286 g/mol. The number of nitrogens with zero attached hydrogens (tertiary/aromatic N) is 2. The van der Waals surface area contributed by atoms with Gasteiger partial charge in [0.05, 0.1) is 0 Å². The summed E-state index contributed by atoms with van der Waals surface area (Å²) in [6, 6.07) is 10.5. The zero-order chi connectivity index (χ0) is 14.5. The molecule has 0 radical (unpaired) electrons. The molecular formula is C17H22N2O2. The predicted molar refractivity (Wildman–Crippen MR) is 80.1 cm³/mol. The average molecular weight is 286 g/mol. The van der Waals surface area contributed by atoms with Crippen LogP contribution in [0.25, 0.3) is 0 Å². The number of ether oxygens (including phenoxy) is 1. The first-order valence-corrected chi connectivity index (χ1v) is 7.77. The van der Waals surface area contributed by atoms with E-state index in [1.165, 1.54) is 5.56 Å². The Balaban J connectivity index is 1.53. The van der Waals surface area contributed by atoms with Crippen LogP contribution in [0.4, 0.5) is 0 Å². The van der Waals surface area contributed by atoms with Crippen molar-refractivity contribution in [2.24, 2.45) is 5.92 Å². The first-order chi connectivity index (χ1) is 10.3. The lowest BCUT2D eigenvalue weighted by Crippen LogP contribution is -2.23. The second-order valence-electron chi connectivity index (χ2n) is 5.84. The third-order valence-electron chi connectivity index (χ3n) is 4.15. The third-order valence-corrected chi connectivity index (χ3v) is 4.15. The van der Waals surface area contributed by atoms with Crippen LogP contribution < -0.4 is 0 Å². The van der Waals surface area contributed by atoms with E-state index in [9.17, 15) is 0 Å². The van der Waals surface area contributed by atoms with Crippen molar-refractivity contribution in [3.63, 3.8) is 0 Å². The molecule has 0 N–H and O–H groups in total. The Hall–Kier alpha value is -1.68. The summed E-state index contributed by atoms with van der Waals surface area (Å²) in [5, 5.41) is 4.13. The van der Waals surface area contributed by atoms with Crippen molar-refractivity contribution in [1.29, 1.82) is 0 Å². The molecule has 0 saturated carbocycles. The summed E-state index contributed by atoms with van der Waals surface area (Å²) in [7, 11) is 0. The van der Waals surface area contributed by atoms with E-state index >= 15 is 0 Å². The summed E-state index contributed by atoms with van der Waals surface area (Å²) in [6.07, 6.45) is 3.95. The van der Waals surface area contributed by atoms with Crippen molar-refractivity contribution < 1.29 is 9.26 Å². The summed E-state index contributed by atoms with van der Waals surface area (Å²) in [5.41, 5.74) is 1.36. The SMILES string of the molecule is C[C@@H]1COCC[C@H]1c1nc(CCCc2ccccc2)no1. The lowest BCUT2D eigenvalue weighted by molar-refractivity contribution is 0.0392. The topological polar surface area (TPSA) is 48.2 Å². The standard InChI is InChI=1S/C17H22N2O2/c1-13-12-20-11-10-15(13)17-18-16(19-21-17)9-5-8-14-6-3-2-4-7-14/h2-4,6-7,13,15H,5,8-12H2,1H3/t13-,15-/m1/s1. The van der Waals surface area contributed by atoms with Gasteiger partial charge in [-0.15, -0.1) is 0 Å². The zero-order valence-corrected chi connectivity index (χ0v) is 12.5. The van der Waals surface area contributed by atoms with Gasteiger partial charge in [0, 0.05) is 25.6 Å². The van der Waals surface area contributed by atoms with Gasteiger partial charge in [0.1, 0.15) is 0 Å². The highest BCUT2D eigenvalue weighted by molar-refractivity contribution is 5.14. The maximum atomic E-state index is 5.46. The highest BCUT2D eigenvalue weighted by atomic mass is 16.5. The Morgan fingerprint density at radius 1 is 1.19 bits per heavy atom. The van der Waals surface area contributed by atoms with E-state index in [4.69, 9.17) is 9.26 Å². The number of hydrogen-bond donors (Lipinski definition) is 0. The molecule has 2 aromatic rings. The molecule has 2 atom stereocenters. The van der Waals surface area contributed by atoms with Gasteiger partial charge in [-0.2, -0.15) is 4.98 Å². The first-order valence-electron chi connectivity index (χ1n) is 7.77. The first kappa shape index (κ1) is 14.3. The summed E-state index contributed by atoms with van der Waals surface area (Å²) in [6.45, 7) is 3.76. The van der Waals surface area contributed by atoms with Crippen LogP contribution in [0, 0.1) is 5.92 Å². The van der Waals surface area contributed by atoms with Gasteiger partial charge in [-0.1, -0.05) is 42.4 Å². The number of rotatable bonds is 5. The Labute approximate surface area is 125 Å². The molecule has 0 bridgehead atoms. The van der Waals surface area contributed by atoms with Crippen molar-refractivity contribution in [2.75, 3.05) is 13.2 Å². The summed E-state index contributed by atoms with van der Waals surface area (Å²) in [5.74, 6) is 2.44. The van der Waals surface area contributed by atoms with Gasteiger partial charge in [0.15, 0.2) is 5.82 Å². The highest BCUT2D eigenvalue weighted by Gasteiger charge is 2.28. The van der Waals surface area contributed by atoms with Crippen molar-refractivity contribution in [1.82, 2.24) is 10.1 Å². The maximum absolute atomic E-state index is 5.46. The van der Waals surface area contributed by atoms with E-state index in [-0.39, 0.29) is 0 Å². The van der Waals surface area contributed by atoms with Crippen LogP contribution in [0.2, 0.25) is 0 Å². The number of aromatic nitrogens is 2. The molecule has 0 spiro atoms. The number of benzene rings is 1. The molecule has 4 nitrogen and oxygen atoms in total. The van der Waals surface area contributed by atoms with Gasteiger partial charge < -0.3 is 9.26 Å². The lowest BCUT2D eigenvalue weighted by atomic mass is 9.90. The molecule has 1 fully saturated rings. The quantitative estimate of drug-likeness (QED) is 0.845. The van der Waals surface area contributed by atoms with E-state index in [2.05, 4.69) is 41.3 Å². The molecule has 4 heteroatoms. The molecule has 0 aliphatic carbocycles. The fourth-order valence-corrected chi connectivity index (χ4v) is 2.86. The molecule has 0 amide bonds. The average Bonchev–Trinajstić information content (AvgIpc) is 2.97. The second kappa shape index (κ2) is 6.85. The molecule has 1 aliphatic heterocycles. The van der Waals surface area contributed by atoms with Crippen LogP contribution in [0.15, 0.2) is 34.9 Å². The molecule has 112 valence electrons. The molecule has 0 unspecified atom stereocenters. The molecule has 1 saturated heterocycles. The van der Waals surface area contributed by atoms with E-state index < -0.39 is 0 Å². The van der Waals surface area contributed by atoms with Gasteiger partial charge >= 0.3 is 0 Å². The fourth-order valence-electron chi connectivity index (χ4n) is 2.86. The molecule has 3 rings (SSSR count). The molecule has 21 heavy (non-hydrogen) atoms. The Morgan fingerprint density at radius 2 is 2.05 bits per heavy atom. The largest absolute Gasteiger partial charge is 0.381 e. The smallest absolute Gasteiger partial charge is 0.230 e. The second-order valence-corrected chi connectivity index (χ2v) is 5.84. The van der Waals surface area contributed by atoms with Crippen LogP contribution in [0.1, 0.15) is 43.0 Å². The van der Waals surface area contributed by atoms with Gasteiger partial charge in [0.2, 0.25) is 5.89 Å². The van der Waals surface area contributed by atoms with Gasteiger partial charge in [-0.25, -0.2) is 0 Å². The minimum atomic E-state index is 0.356. The fraction of sp³-hybridized carbons (Fsp3) is 0.529. The Morgan fingerprint density at radius 3 is 2.86 bits per heavy atom. The van der Waals surface area contributed by atoms with Crippen molar-refractivity contribution >= 4 is 0 Å². The van der Waals surface area contributed by atoms with Crippen molar-refractivity contribution in [3.05, 3.63) is 47.6 Å². The Kier molecular flexibility index (Phi) is 4.65. The predicted octanol–water partition coefficient (Wildman–Crippen LogP) is 3.38. The molecule has 2 heterocycles. The van der Waals surface area contributed by atoms with Crippen LogP contribution >= 0.6 is 0 Å². The van der Waals surface area contributed by atoms with E-state index in [1.807, 2.05) is 6.07 Å². The minimum Gasteiger partial charge on any atom is -0.381 e. The normalized spacial score (nSPS) is 22.3. The third kappa shape index (κ3) is 3.70. The van der Waals surface area contributed by atoms with Crippen LogP contribution in [0.3, 0.4) is 0 Å². The van der Waals surface area contributed by atoms with E-state index in [0.29, 0.717) is 11.8 Å². The number of hydrogen-bond acceptors (Lipinski definition) is 4. The van der Waals surface area contributed by atoms with Crippen molar-refractivity contribution in [3.8, 4) is 0 Å². The summed E-state index contributed by atoms with van der Waals surface area (Å²) < 4.78 is 10.9. The van der Waals surface area contributed by atoms with E-state index in [0.717, 1.165) is 50.6 Å². The van der Waals surface area contributed by atoms with E-state index in [1.54, 1.807) is 0 Å². The zero-order valence-electron chi connectivity index (χ0n) is 12.5.